The van der Waals surface area contributed by atoms with Gasteiger partial charge in [-0.05, 0) is 6.08 Å². The first-order valence-corrected chi connectivity index (χ1v) is 5.54. The van der Waals surface area contributed by atoms with Crippen LogP contribution in [0.15, 0.2) is 12.7 Å². The minimum absolute atomic E-state index is 0.0974. The van der Waals surface area contributed by atoms with Crippen molar-refractivity contribution in [3.63, 3.8) is 0 Å². The van der Waals surface area contributed by atoms with E-state index in [0.717, 1.165) is 6.08 Å². The summed E-state index contributed by atoms with van der Waals surface area (Å²) in [6.07, 6.45) is 1.10. The third-order valence-electron chi connectivity index (χ3n) is 1.22. The summed E-state index contributed by atoms with van der Waals surface area (Å²) in [5, 5.41) is 2.37. The number of hydrogen-bond acceptors (Lipinski definition) is 3. The summed E-state index contributed by atoms with van der Waals surface area (Å²) in [4.78, 5) is 10.6. The second kappa shape index (κ2) is 5.71. The van der Waals surface area contributed by atoms with E-state index in [0.29, 0.717) is 6.54 Å². The van der Waals surface area contributed by atoms with Gasteiger partial charge in [-0.3, -0.25) is 4.79 Å². The molecule has 0 bridgehead atoms. The van der Waals surface area contributed by atoms with Gasteiger partial charge in [0.2, 0.25) is 15.9 Å². The molecule has 0 saturated carbocycles. The molecule has 0 atom stereocenters. The summed E-state index contributed by atoms with van der Waals surface area (Å²) in [5.41, 5.74) is 0. The van der Waals surface area contributed by atoms with Crippen LogP contribution in [-0.2, 0) is 14.8 Å². The van der Waals surface area contributed by atoms with Gasteiger partial charge in [-0.1, -0.05) is 13.5 Å². The van der Waals surface area contributed by atoms with Gasteiger partial charge in [-0.2, -0.15) is 0 Å². The Morgan fingerprint density at radius 1 is 1.54 bits per heavy atom. The highest BCUT2D eigenvalue weighted by atomic mass is 32.2. The van der Waals surface area contributed by atoms with E-state index in [2.05, 4.69) is 16.6 Å². The molecule has 0 aliphatic rings. The van der Waals surface area contributed by atoms with Crippen molar-refractivity contribution in [2.45, 2.75) is 6.92 Å². The Kier molecular flexibility index (Phi) is 5.33. The zero-order valence-electron chi connectivity index (χ0n) is 7.54. The van der Waals surface area contributed by atoms with Crippen LogP contribution in [-0.4, -0.2) is 33.2 Å². The lowest BCUT2D eigenvalue weighted by atomic mass is 10.6. The zero-order valence-corrected chi connectivity index (χ0v) is 8.36. The molecular weight excluding hydrogens is 192 g/mol. The number of hydrogen-bond donors (Lipinski definition) is 2. The van der Waals surface area contributed by atoms with Crippen molar-refractivity contribution in [1.29, 1.82) is 0 Å². The number of amides is 1. The molecule has 76 valence electrons. The van der Waals surface area contributed by atoms with Crippen molar-refractivity contribution in [2.75, 3.05) is 18.8 Å². The van der Waals surface area contributed by atoms with E-state index < -0.39 is 10.0 Å². The lowest BCUT2D eigenvalue weighted by Gasteiger charge is -2.04. The minimum Gasteiger partial charge on any atom is -0.351 e. The van der Waals surface area contributed by atoms with Crippen molar-refractivity contribution in [3.05, 3.63) is 12.7 Å². The molecule has 13 heavy (non-hydrogen) atoms. The molecule has 0 rings (SSSR count). The van der Waals surface area contributed by atoms with Crippen molar-refractivity contribution in [2.24, 2.45) is 0 Å². The summed E-state index contributed by atoms with van der Waals surface area (Å²) in [5.74, 6) is -0.479. The minimum atomic E-state index is -3.23. The van der Waals surface area contributed by atoms with Crippen LogP contribution in [0.25, 0.3) is 0 Å². The first-order valence-electron chi connectivity index (χ1n) is 3.89. The highest BCUT2D eigenvalue weighted by Crippen LogP contribution is 1.81. The normalized spacial score (nSPS) is 10.8. The van der Waals surface area contributed by atoms with Crippen LogP contribution in [0.1, 0.15) is 6.92 Å². The van der Waals surface area contributed by atoms with Crippen molar-refractivity contribution in [1.82, 2.24) is 10.0 Å². The average Bonchev–Trinajstić information content (AvgIpc) is 2.03. The monoisotopic (exact) mass is 206 g/mol. The molecule has 0 aromatic carbocycles. The maximum absolute atomic E-state index is 11.0. The van der Waals surface area contributed by atoms with Crippen LogP contribution in [0.5, 0.6) is 0 Å². The Hall–Kier alpha value is -0.880. The molecule has 1 amide bonds. The summed E-state index contributed by atoms with van der Waals surface area (Å²) in [6.45, 7) is 5.39. The molecule has 0 fully saturated rings. The zero-order chi connectivity index (χ0) is 10.3. The van der Waals surface area contributed by atoms with Gasteiger partial charge in [0.25, 0.3) is 0 Å². The molecule has 5 nitrogen and oxygen atoms in total. The summed E-state index contributed by atoms with van der Waals surface area (Å²) in [7, 11) is -3.23. The summed E-state index contributed by atoms with van der Waals surface area (Å²) in [6, 6.07) is 0. The number of rotatable bonds is 6. The molecule has 0 spiro atoms. The molecule has 0 radical (unpaired) electrons. The topological polar surface area (TPSA) is 75.3 Å². The fourth-order valence-electron chi connectivity index (χ4n) is 0.673. The van der Waals surface area contributed by atoms with Crippen LogP contribution < -0.4 is 10.0 Å². The van der Waals surface area contributed by atoms with Crippen molar-refractivity contribution < 1.29 is 13.2 Å². The molecule has 0 heterocycles. The van der Waals surface area contributed by atoms with E-state index in [-0.39, 0.29) is 18.2 Å². The van der Waals surface area contributed by atoms with E-state index in [1.807, 2.05) is 0 Å². The standard InChI is InChI=1S/C7H14N2O3S/c1-3-7(10)8-5-6-13(11,12)9-4-2/h3,9H,1,4-6H2,2H3,(H,8,10). The largest absolute Gasteiger partial charge is 0.351 e. The van der Waals surface area contributed by atoms with Crippen LogP contribution >= 0.6 is 0 Å². The Balaban J connectivity index is 3.76. The Morgan fingerprint density at radius 2 is 2.15 bits per heavy atom. The van der Waals surface area contributed by atoms with E-state index >= 15 is 0 Å². The molecule has 0 aromatic rings. The molecule has 2 N–H and O–H groups in total. The SMILES string of the molecule is C=CC(=O)NCCS(=O)(=O)NCC. The third-order valence-corrected chi connectivity index (χ3v) is 2.69. The van der Waals surface area contributed by atoms with Gasteiger partial charge in [0, 0.05) is 13.1 Å². The fraction of sp³-hybridized carbons (Fsp3) is 0.571. The third kappa shape index (κ3) is 6.30. The quantitative estimate of drug-likeness (QED) is 0.560. The first-order chi connectivity index (χ1) is 6.02. The smallest absolute Gasteiger partial charge is 0.243 e. The van der Waals surface area contributed by atoms with Gasteiger partial charge in [-0.25, -0.2) is 13.1 Å². The predicted octanol–water partition coefficient (Wildman–Crippen LogP) is -0.772. The highest BCUT2D eigenvalue weighted by molar-refractivity contribution is 7.89. The van der Waals surface area contributed by atoms with Crippen LogP contribution in [0, 0.1) is 0 Å². The van der Waals surface area contributed by atoms with Crippen molar-refractivity contribution >= 4 is 15.9 Å². The molecule has 6 heteroatoms. The molecule has 0 aliphatic carbocycles. The predicted molar refractivity (Wildman–Crippen MR) is 50.7 cm³/mol. The van der Waals surface area contributed by atoms with Crippen LogP contribution in [0.3, 0.4) is 0 Å². The Bertz CT molecular complexity index is 271. The highest BCUT2D eigenvalue weighted by Gasteiger charge is 2.07. The number of sulfonamides is 1. The van der Waals surface area contributed by atoms with Gasteiger partial charge in [0.15, 0.2) is 0 Å². The lowest BCUT2D eigenvalue weighted by molar-refractivity contribution is -0.116. The molecule has 0 saturated heterocycles. The maximum Gasteiger partial charge on any atom is 0.243 e. The average molecular weight is 206 g/mol. The van der Waals surface area contributed by atoms with E-state index in [9.17, 15) is 13.2 Å². The second-order valence-electron chi connectivity index (χ2n) is 2.31. The summed E-state index contributed by atoms with van der Waals surface area (Å²) < 4.78 is 24.3. The van der Waals surface area contributed by atoms with Crippen molar-refractivity contribution in [3.8, 4) is 0 Å². The van der Waals surface area contributed by atoms with E-state index in [4.69, 9.17) is 0 Å². The number of carbonyl (C=O) groups is 1. The molecular formula is C7H14N2O3S. The Labute approximate surface area is 78.3 Å². The van der Waals surface area contributed by atoms with Crippen LogP contribution in [0.2, 0.25) is 0 Å². The van der Waals surface area contributed by atoms with Crippen LogP contribution in [0.4, 0.5) is 0 Å². The van der Waals surface area contributed by atoms with E-state index in [1.165, 1.54) is 0 Å². The van der Waals surface area contributed by atoms with Gasteiger partial charge in [0.05, 0.1) is 5.75 Å². The van der Waals surface area contributed by atoms with Gasteiger partial charge in [-0.15, -0.1) is 0 Å². The van der Waals surface area contributed by atoms with Gasteiger partial charge in [0.1, 0.15) is 0 Å². The molecule has 0 unspecified atom stereocenters. The molecule has 0 aliphatic heterocycles. The maximum atomic E-state index is 11.0. The first kappa shape index (κ1) is 12.1. The van der Waals surface area contributed by atoms with E-state index in [1.54, 1.807) is 6.92 Å². The van der Waals surface area contributed by atoms with Gasteiger partial charge < -0.3 is 5.32 Å². The molecule has 0 aromatic heterocycles. The number of nitrogens with one attached hydrogen (secondary N) is 2. The Morgan fingerprint density at radius 3 is 2.62 bits per heavy atom. The second-order valence-corrected chi connectivity index (χ2v) is 4.24. The number of carbonyl (C=O) groups excluding carboxylic acids is 1. The fourth-order valence-corrected chi connectivity index (χ4v) is 1.63. The van der Waals surface area contributed by atoms with Gasteiger partial charge >= 0.3 is 0 Å². The summed E-state index contributed by atoms with van der Waals surface area (Å²) >= 11 is 0. The lowest BCUT2D eigenvalue weighted by Crippen LogP contribution is -2.33.